The molecule has 0 saturated heterocycles. The van der Waals surface area contributed by atoms with Gasteiger partial charge < -0.3 is 10.3 Å². The molecule has 1 aromatic rings. The monoisotopic (exact) mass is 300 g/mol. The molecule has 1 aliphatic rings. The first-order valence-corrected chi connectivity index (χ1v) is 8.61. The Morgan fingerprint density at radius 1 is 1.40 bits per heavy atom. The van der Waals surface area contributed by atoms with Crippen molar-refractivity contribution in [2.24, 2.45) is 12.8 Å². The molecule has 1 heterocycles. The van der Waals surface area contributed by atoms with E-state index in [9.17, 15) is 8.42 Å². The molecule has 7 heteroatoms. The Balaban J connectivity index is 2.40. The van der Waals surface area contributed by atoms with Crippen LogP contribution in [0.2, 0.25) is 0 Å². The maximum atomic E-state index is 12.8. The minimum Gasteiger partial charge on any atom is -0.339 e. The molecule has 0 atom stereocenters. The largest absolute Gasteiger partial charge is 0.339 e. The summed E-state index contributed by atoms with van der Waals surface area (Å²) >= 11 is 0. The van der Waals surface area contributed by atoms with Gasteiger partial charge in [0.1, 0.15) is 0 Å². The summed E-state index contributed by atoms with van der Waals surface area (Å²) in [6.07, 6.45) is 7.95. The molecule has 0 unspecified atom stereocenters. The van der Waals surface area contributed by atoms with E-state index < -0.39 is 15.6 Å². The van der Waals surface area contributed by atoms with Gasteiger partial charge in [0.25, 0.3) is 10.0 Å². The van der Waals surface area contributed by atoms with E-state index in [1.807, 2.05) is 6.92 Å². The second kappa shape index (κ2) is 5.83. The summed E-state index contributed by atoms with van der Waals surface area (Å²) in [4.78, 5) is 4.01. The summed E-state index contributed by atoms with van der Waals surface area (Å²) in [6, 6.07) is 0. The molecule has 0 bridgehead atoms. The van der Waals surface area contributed by atoms with Crippen molar-refractivity contribution in [1.82, 2.24) is 13.9 Å². The Kier molecular flexibility index (Phi) is 4.51. The molecule has 1 fully saturated rings. The molecule has 2 N–H and O–H groups in total. The van der Waals surface area contributed by atoms with Gasteiger partial charge >= 0.3 is 0 Å². The molecule has 0 aromatic carbocycles. The van der Waals surface area contributed by atoms with Gasteiger partial charge in [-0.2, -0.15) is 4.31 Å². The van der Waals surface area contributed by atoms with Gasteiger partial charge in [0.15, 0.2) is 5.03 Å². The Hall–Kier alpha value is -0.920. The van der Waals surface area contributed by atoms with Crippen molar-refractivity contribution >= 4 is 10.0 Å². The van der Waals surface area contributed by atoms with E-state index in [-0.39, 0.29) is 5.03 Å². The van der Waals surface area contributed by atoms with Crippen molar-refractivity contribution in [3.63, 3.8) is 0 Å². The Labute approximate surface area is 121 Å². The molecule has 0 amide bonds. The summed E-state index contributed by atoms with van der Waals surface area (Å²) in [7, 11) is -1.81. The first-order valence-electron chi connectivity index (χ1n) is 7.17. The van der Waals surface area contributed by atoms with E-state index in [1.54, 1.807) is 22.1 Å². The van der Waals surface area contributed by atoms with Crippen LogP contribution in [0, 0.1) is 0 Å². The van der Waals surface area contributed by atoms with E-state index in [0.717, 1.165) is 32.1 Å². The maximum Gasteiger partial charge on any atom is 0.262 e. The molecule has 0 radical (unpaired) electrons. The zero-order chi connectivity index (χ0) is 14.8. The van der Waals surface area contributed by atoms with Crippen LogP contribution < -0.4 is 5.73 Å². The van der Waals surface area contributed by atoms with E-state index in [2.05, 4.69) is 4.98 Å². The van der Waals surface area contributed by atoms with Crippen molar-refractivity contribution in [2.75, 3.05) is 13.1 Å². The Bertz CT molecular complexity index is 546. The van der Waals surface area contributed by atoms with E-state index in [1.165, 1.54) is 6.33 Å². The zero-order valence-corrected chi connectivity index (χ0v) is 13.1. The summed E-state index contributed by atoms with van der Waals surface area (Å²) in [5.74, 6) is 0. The molecule has 6 nitrogen and oxygen atoms in total. The van der Waals surface area contributed by atoms with Gasteiger partial charge in [0.2, 0.25) is 0 Å². The lowest BCUT2D eigenvalue weighted by molar-refractivity contribution is 0.140. The van der Waals surface area contributed by atoms with Crippen LogP contribution in [0.4, 0.5) is 0 Å². The SMILES string of the molecule is CCN(C1(CN)CCCCC1)S(=O)(=O)c1cn(C)cn1. The fourth-order valence-electron chi connectivity index (χ4n) is 3.16. The van der Waals surface area contributed by atoms with E-state index in [4.69, 9.17) is 5.73 Å². The summed E-state index contributed by atoms with van der Waals surface area (Å²) in [5, 5.41) is 0.111. The zero-order valence-electron chi connectivity index (χ0n) is 12.2. The molecule has 1 saturated carbocycles. The van der Waals surface area contributed by atoms with Crippen LogP contribution >= 0.6 is 0 Å². The van der Waals surface area contributed by atoms with Crippen LogP contribution in [0.25, 0.3) is 0 Å². The average Bonchev–Trinajstić information content (AvgIpc) is 2.88. The molecule has 0 aliphatic heterocycles. The number of likely N-dealkylation sites (N-methyl/N-ethyl adjacent to an activating group) is 1. The van der Waals surface area contributed by atoms with Crippen molar-refractivity contribution in [2.45, 2.75) is 49.6 Å². The number of rotatable bonds is 5. The first kappa shape index (κ1) is 15.5. The highest BCUT2D eigenvalue weighted by molar-refractivity contribution is 7.89. The molecule has 114 valence electrons. The van der Waals surface area contributed by atoms with Crippen molar-refractivity contribution in [3.8, 4) is 0 Å². The second-order valence-electron chi connectivity index (χ2n) is 5.54. The Morgan fingerprint density at radius 2 is 2.05 bits per heavy atom. The van der Waals surface area contributed by atoms with Gasteiger partial charge in [-0.05, 0) is 12.8 Å². The van der Waals surface area contributed by atoms with Crippen molar-refractivity contribution in [1.29, 1.82) is 0 Å². The lowest BCUT2D eigenvalue weighted by Crippen LogP contribution is -2.57. The quantitative estimate of drug-likeness (QED) is 0.882. The third-order valence-corrected chi connectivity index (χ3v) is 6.18. The molecular formula is C13H24N4O2S. The highest BCUT2D eigenvalue weighted by Crippen LogP contribution is 2.36. The Morgan fingerprint density at radius 3 is 2.50 bits per heavy atom. The highest BCUT2D eigenvalue weighted by atomic mass is 32.2. The topological polar surface area (TPSA) is 81.2 Å². The molecule has 1 aromatic heterocycles. The molecule has 20 heavy (non-hydrogen) atoms. The number of imidazole rings is 1. The van der Waals surface area contributed by atoms with Crippen LogP contribution in [0.5, 0.6) is 0 Å². The van der Waals surface area contributed by atoms with Crippen molar-refractivity contribution < 1.29 is 8.42 Å². The number of hydrogen-bond donors (Lipinski definition) is 1. The smallest absolute Gasteiger partial charge is 0.262 e. The number of nitrogens with two attached hydrogens (primary N) is 1. The predicted octanol–water partition coefficient (Wildman–Crippen LogP) is 1.09. The first-order chi connectivity index (χ1) is 9.46. The van der Waals surface area contributed by atoms with E-state index in [0.29, 0.717) is 13.1 Å². The fraction of sp³-hybridized carbons (Fsp3) is 0.769. The second-order valence-corrected chi connectivity index (χ2v) is 7.35. The number of aromatic nitrogens is 2. The predicted molar refractivity (Wildman–Crippen MR) is 77.6 cm³/mol. The maximum absolute atomic E-state index is 12.8. The van der Waals surface area contributed by atoms with Crippen LogP contribution in [0.1, 0.15) is 39.0 Å². The van der Waals surface area contributed by atoms with Gasteiger partial charge in [-0.25, -0.2) is 13.4 Å². The van der Waals surface area contributed by atoms with Crippen LogP contribution in [0.15, 0.2) is 17.6 Å². The summed E-state index contributed by atoms with van der Waals surface area (Å²) in [5.41, 5.74) is 5.52. The number of sulfonamides is 1. The van der Waals surface area contributed by atoms with Gasteiger partial charge in [-0.1, -0.05) is 26.2 Å². The summed E-state index contributed by atoms with van der Waals surface area (Å²) in [6.45, 7) is 2.66. The van der Waals surface area contributed by atoms with Gasteiger partial charge in [0, 0.05) is 31.9 Å². The number of nitrogens with zero attached hydrogens (tertiary/aromatic N) is 3. The van der Waals surface area contributed by atoms with Gasteiger partial charge in [0.05, 0.1) is 6.33 Å². The average molecular weight is 300 g/mol. The molecule has 1 aliphatic carbocycles. The highest BCUT2D eigenvalue weighted by Gasteiger charge is 2.43. The van der Waals surface area contributed by atoms with Crippen LogP contribution in [-0.2, 0) is 17.1 Å². The van der Waals surface area contributed by atoms with Crippen LogP contribution in [0.3, 0.4) is 0 Å². The van der Waals surface area contributed by atoms with Gasteiger partial charge in [-0.3, -0.25) is 0 Å². The summed E-state index contributed by atoms with van der Waals surface area (Å²) < 4.78 is 28.9. The van der Waals surface area contributed by atoms with Gasteiger partial charge in [-0.15, -0.1) is 0 Å². The fourth-order valence-corrected chi connectivity index (χ4v) is 4.97. The van der Waals surface area contributed by atoms with Crippen LogP contribution in [-0.4, -0.2) is 40.9 Å². The standard InChI is InChI=1S/C13H24N4O2S/c1-3-17(13(10-14)7-5-4-6-8-13)20(18,19)12-9-16(2)11-15-12/h9,11H,3-8,10,14H2,1-2H3. The van der Waals surface area contributed by atoms with Crippen molar-refractivity contribution in [3.05, 3.63) is 12.5 Å². The third-order valence-electron chi connectivity index (χ3n) is 4.22. The number of aryl methyl sites for hydroxylation is 1. The third kappa shape index (κ3) is 2.62. The normalized spacial score (nSPS) is 19.4. The molecule has 0 spiro atoms. The van der Waals surface area contributed by atoms with E-state index >= 15 is 0 Å². The minimum absolute atomic E-state index is 0.111. The lowest BCUT2D eigenvalue weighted by Gasteiger charge is -2.44. The number of hydrogen-bond acceptors (Lipinski definition) is 4. The lowest BCUT2D eigenvalue weighted by atomic mass is 9.81. The molecular weight excluding hydrogens is 276 g/mol. The molecule has 2 rings (SSSR count). The minimum atomic E-state index is -3.58.